The van der Waals surface area contributed by atoms with Gasteiger partial charge in [-0.3, -0.25) is 19.7 Å². The predicted octanol–water partition coefficient (Wildman–Crippen LogP) is 5.92. The number of nitro groups is 1. The molecule has 0 fully saturated rings. The molecule has 3 aromatic carbocycles. The molecule has 0 radical (unpaired) electrons. The van der Waals surface area contributed by atoms with Gasteiger partial charge in [-0.05, 0) is 54.6 Å². The SMILES string of the molecule is CC(C)(C)c1nc2ccc(Br)cc2c(=O)n1N=Cc1ccc(OCC(=O)Nc2ccc(Cl)cc2)c([N+](=O)[O-])c1. The molecule has 39 heavy (non-hydrogen) atoms. The van der Waals surface area contributed by atoms with Crippen LogP contribution in [0.2, 0.25) is 5.02 Å². The van der Waals surface area contributed by atoms with Gasteiger partial charge in [0.2, 0.25) is 0 Å². The second-order valence-electron chi connectivity index (χ2n) is 9.54. The number of carbonyl (C=O) groups is 1. The number of benzene rings is 3. The maximum atomic E-state index is 13.3. The molecule has 0 aliphatic heterocycles. The van der Waals surface area contributed by atoms with E-state index in [2.05, 4.69) is 31.3 Å². The fourth-order valence-corrected chi connectivity index (χ4v) is 4.11. The highest BCUT2D eigenvalue weighted by molar-refractivity contribution is 9.10. The largest absolute Gasteiger partial charge is 0.477 e. The van der Waals surface area contributed by atoms with Crippen molar-refractivity contribution in [2.45, 2.75) is 26.2 Å². The van der Waals surface area contributed by atoms with E-state index < -0.39 is 22.9 Å². The number of rotatable bonds is 7. The molecule has 0 saturated carbocycles. The number of hydrogen-bond acceptors (Lipinski definition) is 7. The van der Waals surface area contributed by atoms with Crippen molar-refractivity contribution in [3.8, 4) is 5.75 Å². The van der Waals surface area contributed by atoms with Gasteiger partial charge in [0.05, 0.1) is 22.0 Å². The Labute approximate surface area is 236 Å². The van der Waals surface area contributed by atoms with Gasteiger partial charge < -0.3 is 10.1 Å². The molecule has 1 amide bonds. The molecule has 0 spiro atoms. The van der Waals surface area contributed by atoms with Crippen molar-refractivity contribution < 1.29 is 14.5 Å². The number of nitrogens with one attached hydrogen (secondary N) is 1. The van der Waals surface area contributed by atoms with Crippen LogP contribution in [0.4, 0.5) is 11.4 Å². The van der Waals surface area contributed by atoms with Crippen molar-refractivity contribution in [3.05, 3.63) is 102 Å². The van der Waals surface area contributed by atoms with Crippen molar-refractivity contribution in [1.29, 1.82) is 0 Å². The number of nitrogens with zero attached hydrogens (tertiary/aromatic N) is 4. The zero-order valence-electron chi connectivity index (χ0n) is 21.1. The Morgan fingerprint density at radius 3 is 2.56 bits per heavy atom. The summed E-state index contributed by atoms with van der Waals surface area (Å²) in [5, 5.41) is 19.6. The Balaban J connectivity index is 1.60. The summed E-state index contributed by atoms with van der Waals surface area (Å²) in [7, 11) is 0. The molecule has 0 saturated heterocycles. The summed E-state index contributed by atoms with van der Waals surface area (Å²) in [5.41, 5.74) is 0.145. The third-order valence-electron chi connectivity index (χ3n) is 5.47. The number of anilines is 1. The van der Waals surface area contributed by atoms with E-state index in [1.165, 1.54) is 29.1 Å². The van der Waals surface area contributed by atoms with Gasteiger partial charge in [0.1, 0.15) is 5.82 Å². The number of halogens is 2. The number of hydrogen-bond donors (Lipinski definition) is 1. The van der Waals surface area contributed by atoms with Crippen LogP contribution in [-0.4, -0.2) is 33.3 Å². The molecule has 200 valence electrons. The highest BCUT2D eigenvalue weighted by Crippen LogP contribution is 2.28. The van der Waals surface area contributed by atoms with Crippen molar-refractivity contribution in [1.82, 2.24) is 9.66 Å². The molecule has 0 unspecified atom stereocenters. The third kappa shape index (κ3) is 6.68. The highest BCUT2D eigenvalue weighted by Gasteiger charge is 2.23. The summed E-state index contributed by atoms with van der Waals surface area (Å²) in [6.45, 7) is 5.28. The fraction of sp³-hybridized carbons (Fsp3) is 0.185. The van der Waals surface area contributed by atoms with E-state index in [9.17, 15) is 19.7 Å². The average molecular weight is 613 g/mol. The molecule has 4 rings (SSSR count). The Morgan fingerprint density at radius 2 is 1.90 bits per heavy atom. The molecular weight excluding hydrogens is 590 g/mol. The summed E-state index contributed by atoms with van der Waals surface area (Å²) in [6, 6.07) is 15.9. The number of nitro benzene ring substituents is 1. The zero-order chi connectivity index (χ0) is 28.3. The number of fused-ring (bicyclic) bond motifs is 1. The highest BCUT2D eigenvalue weighted by atomic mass is 79.9. The molecule has 1 N–H and O–H groups in total. The standard InChI is InChI=1S/C27H23BrClN5O5/c1-27(2,3)26-32-21-10-5-17(28)13-20(21)25(36)33(26)30-14-16-4-11-23(22(12-16)34(37)38)39-15-24(35)31-19-8-6-18(29)7-9-19/h4-14H,15H2,1-3H3,(H,31,35). The molecule has 0 aliphatic carbocycles. The first-order valence-electron chi connectivity index (χ1n) is 11.7. The second kappa shape index (κ2) is 11.3. The average Bonchev–Trinajstić information content (AvgIpc) is 2.88. The van der Waals surface area contributed by atoms with E-state index in [0.717, 1.165) is 4.47 Å². The van der Waals surface area contributed by atoms with Gasteiger partial charge >= 0.3 is 5.69 Å². The first-order chi connectivity index (χ1) is 18.4. The lowest BCUT2D eigenvalue weighted by atomic mass is 9.95. The molecule has 12 heteroatoms. The van der Waals surface area contributed by atoms with Crippen LogP contribution in [-0.2, 0) is 10.2 Å². The summed E-state index contributed by atoms with van der Waals surface area (Å²) in [6.07, 6.45) is 1.34. The van der Waals surface area contributed by atoms with Crippen LogP contribution in [0.5, 0.6) is 5.75 Å². The molecule has 4 aromatic rings. The van der Waals surface area contributed by atoms with Crippen molar-refractivity contribution in [3.63, 3.8) is 0 Å². The van der Waals surface area contributed by atoms with Crippen molar-refractivity contribution >= 4 is 61.9 Å². The van der Waals surface area contributed by atoms with Crippen LogP contribution in [0.15, 0.2) is 75.0 Å². The Morgan fingerprint density at radius 1 is 1.18 bits per heavy atom. The quantitative estimate of drug-likeness (QED) is 0.157. The van der Waals surface area contributed by atoms with Crippen LogP contribution in [0.1, 0.15) is 32.2 Å². The Kier molecular flexibility index (Phi) is 8.12. The van der Waals surface area contributed by atoms with Gasteiger partial charge in [0.15, 0.2) is 12.4 Å². The Hall–Kier alpha value is -4.09. The minimum atomic E-state index is -0.619. The van der Waals surface area contributed by atoms with Gasteiger partial charge in [-0.25, -0.2) is 4.98 Å². The zero-order valence-corrected chi connectivity index (χ0v) is 23.5. The van der Waals surface area contributed by atoms with Gasteiger partial charge in [-0.2, -0.15) is 9.78 Å². The summed E-state index contributed by atoms with van der Waals surface area (Å²) in [4.78, 5) is 41.3. The molecular formula is C27H23BrClN5O5. The lowest BCUT2D eigenvalue weighted by Gasteiger charge is -2.20. The number of carbonyl (C=O) groups excluding carboxylic acids is 1. The lowest BCUT2D eigenvalue weighted by molar-refractivity contribution is -0.385. The minimum absolute atomic E-state index is 0.0897. The topological polar surface area (TPSA) is 129 Å². The number of amides is 1. The van der Waals surface area contributed by atoms with E-state index in [1.807, 2.05) is 20.8 Å². The fourth-order valence-electron chi connectivity index (χ4n) is 3.62. The second-order valence-corrected chi connectivity index (χ2v) is 10.9. The monoisotopic (exact) mass is 611 g/mol. The summed E-state index contributed by atoms with van der Waals surface area (Å²) in [5.74, 6) is -0.158. The van der Waals surface area contributed by atoms with E-state index in [0.29, 0.717) is 33.0 Å². The van der Waals surface area contributed by atoms with Crippen LogP contribution in [0.25, 0.3) is 10.9 Å². The van der Waals surface area contributed by atoms with E-state index in [1.54, 1.807) is 42.5 Å². The molecule has 0 atom stereocenters. The van der Waals surface area contributed by atoms with E-state index >= 15 is 0 Å². The normalized spacial score (nSPS) is 11.6. The smallest absolute Gasteiger partial charge is 0.311 e. The van der Waals surface area contributed by atoms with Crippen LogP contribution in [0.3, 0.4) is 0 Å². The van der Waals surface area contributed by atoms with Crippen molar-refractivity contribution in [2.24, 2.45) is 5.10 Å². The first kappa shape index (κ1) is 27.9. The maximum absolute atomic E-state index is 13.3. The van der Waals surface area contributed by atoms with Crippen LogP contribution in [0, 0.1) is 10.1 Å². The van der Waals surface area contributed by atoms with E-state index in [-0.39, 0.29) is 17.0 Å². The van der Waals surface area contributed by atoms with Gasteiger partial charge in [0, 0.05) is 32.2 Å². The van der Waals surface area contributed by atoms with Crippen molar-refractivity contribution in [2.75, 3.05) is 11.9 Å². The molecule has 0 aliphatic rings. The van der Waals surface area contributed by atoms with E-state index in [4.69, 9.17) is 16.3 Å². The van der Waals surface area contributed by atoms with Crippen LogP contribution < -0.4 is 15.6 Å². The van der Waals surface area contributed by atoms with Crippen LogP contribution >= 0.6 is 27.5 Å². The maximum Gasteiger partial charge on any atom is 0.311 e. The van der Waals surface area contributed by atoms with Gasteiger partial charge in [-0.1, -0.05) is 48.3 Å². The van der Waals surface area contributed by atoms with Gasteiger partial charge in [0.25, 0.3) is 11.5 Å². The summed E-state index contributed by atoms with van der Waals surface area (Å²) < 4.78 is 7.35. The Bertz CT molecular complexity index is 1660. The number of aromatic nitrogens is 2. The summed E-state index contributed by atoms with van der Waals surface area (Å²) >= 11 is 9.21. The minimum Gasteiger partial charge on any atom is -0.477 e. The predicted molar refractivity (Wildman–Crippen MR) is 154 cm³/mol. The third-order valence-corrected chi connectivity index (χ3v) is 6.21. The lowest BCUT2D eigenvalue weighted by Crippen LogP contribution is -2.29. The van der Waals surface area contributed by atoms with Gasteiger partial charge in [-0.15, -0.1) is 0 Å². The molecule has 1 aromatic heterocycles. The number of ether oxygens (including phenoxy) is 1. The molecule has 10 nitrogen and oxygen atoms in total. The molecule has 0 bridgehead atoms. The first-order valence-corrected chi connectivity index (χ1v) is 12.8. The molecule has 1 heterocycles.